The molecule has 0 amide bonds. The van der Waals surface area contributed by atoms with Crippen LogP contribution >= 0.6 is 15.9 Å². The Labute approximate surface area is 79.5 Å². The molecule has 0 aromatic heterocycles. The van der Waals surface area contributed by atoms with Gasteiger partial charge < -0.3 is 0 Å². The first-order valence-corrected chi connectivity index (χ1v) is 6.81. The Morgan fingerprint density at radius 1 is 1.73 bits per heavy atom. The van der Waals surface area contributed by atoms with Crippen LogP contribution in [0.15, 0.2) is 0 Å². The van der Waals surface area contributed by atoms with Gasteiger partial charge in [0.2, 0.25) is 0 Å². The first-order chi connectivity index (χ1) is 5.10. The lowest BCUT2D eigenvalue weighted by Crippen LogP contribution is -2.09. The minimum Gasteiger partial charge on any atom is -0.260 e. The van der Waals surface area contributed by atoms with E-state index in [-0.39, 0.29) is 0 Å². The molecule has 0 radical (unpaired) electrons. The summed E-state index contributed by atoms with van der Waals surface area (Å²) in [6.07, 6.45) is 4.23. The largest absolute Gasteiger partial charge is 0.260 e. The number of halogens is 1. The molecule has 66 valence electrons. The van der Waals surface area contributed by atoms with Crippen LogP contribution in [0.3, 0.4) is 0 Å². The van der Waals surface area contributed by atoms with E-state index in [0.29, 0.717) is 5.41 Å². The molecule has 0 aliphatic heterocycles. The predicted octanol–water partition coefficient (Wildman–Crippen LogP) is 2.18. The molecule has 1 aliphatic rings. The van der Waals surface area contributed by atoms with E-state index in [1.807, 2.05) is 0 Å². The SMILES string of the molecule is CC1CC1(CBr)CCS(C)=O. The van der Waals surface area contributed by atoms with Crippen molar-refractivity contribution >= 4 is 26.7 Å². The standard InChI is InChI=1S/C8H15BrOS/c1-7-5-8(7,6-9)3-4-11(2)10/h7H,3-6H2,1-2H3. The summed E-state index contributed by atoms with van der Waals surface area (Å²) in [6, 6.07) is 0. The van der Waals surface area contributed by atoms with Gasteiger partial charge in [0.05, 0.1) is 0 Å². The first kappa shape index (κ1) is 9.72. The predicted molar refractivity (Wildman–Crippen MR) is 53.6 cm³/mol. The van der Waals surface area contributed by atoms with Crippen molar-refractivity contribution in [2.45, 2.75) is 19.8 Å². The zero-order valence-electron chi connectivity index (χ0n) is 7.10. The minimum absolute atomic E-state index is 0.506. The van der Waals surface area contributed by atoms with E-state index in [4.69, 9.17) is 0 Å². The Hall–Kier alpha value is 0.630. The molecule has 3 atom stereocenters. The van der Waals surface area contributed by atoms with Crippen molar-refractivity contribution in [3.05, 3.63) is 0 Å². The van der Waals surface area contributed by atoms with Crippen LogP contribution in [-0.4, -0.2) is 21.5 Å². The second kappa shape index (κ2) is 3.56. The maximum atomic E-state index is 10.8. The fourth-order valence-electron chi connectivity index (χ4n) is 1.50. The summed E-state index contributed by atoms with van der Waals surface area (Å²) >= 11 is 3.52. The second-order valence-electron chi connectivity index (χ2n) is 3.63. The molecule has 3 heteroatoms. The van der Waals surface area contributed by atoms with Crippen LogP contribution in [0.2, 0.25) is 0 Å². The van der Waals surface area contributed by atoms with E-state index in [0.717, 1.165) is 23.4 Å². The van der Waals surface area contributed by atoms with E-state index in [2.05, 4.69) is 22.9 Å². The normalized spacial score (nSPS) is 38.6. The van der Waals surface area contributed by atoms with Gasteiger partial charge in [-0.25, -0.2) is 0 Å². The summed E-state index contributed by atoms with van der Waals surface area (Å²) < 4.78 is 10.8. The summed E-state index contributed by atoms with van der Waals surface area (Å²) in [5.74, 6) is 1.71. The Bertz CT molecular complexity index is 167. The van der Waals surface area contributed by atoms with Crippen LogP contribution in [-0.2, 0) is 10.8 Å². The van der Waals surface area contributed by atoms with Crippen molar-refractivity contribution in [3.63, 3.8) is 0 Å². The van der Waals surface area contributed by atoms with Crippen molar-refractivity contribution in [3.8, 4) is 0 Å². The van der Waals surface area contributed by atoms with Gasteiger partial charge in [0, 0.05) is 28.1 Å². The summed E-state index contributed by atoms with van der Waals surface area (Å²) in [7, 11) is -0.609. The van der Waals surface area contributed by atoms with Gasteiger partial charge >= 0.3 is 0 Å². The topological polar surface area (TPSA) is 17.1 Å². The quantitative estimate of drug-likeness (QED) is 0.687. The number of rotatable bonds is 4. The highest BCUT2D eigenvalue weighted by atomic mass is 79.9. The molecule has 0 heterocycles. The molecule has 0 aromatic rings. The van der Waals surface area contributed by atoms with Crippen molar-refractivity contribution < 1.29 is 4.21 Å². The van der Waals surface area contributed by atoms with Crippen molar-refractivity contribution in [2.75, 3.05) is 17.3 Å². The average Bonchev–Trinajstić information content (AvgIpc) is 2.59. The lowest BCUT2D eigenvalue weighted by molar-refractivity contribution is 0.517. The monoisotopic (exact) mass is 238 g/mol. The third-order valence-corrected chi connectivity index (χ3v) is 4.65. The third-order valence-electron chi connectivity index (χ3n) is 2.75. The highest BCUT2D eigenvalue weighted by molar-refractivity contribution is 9.09. The van der Waals surface area contributed by atoms with E-state index in [9.17, 15) is 4.21 Å². The lowest BCUT2D eigenvalue weighted by Gasteiger charge is -2.10. The van der Waals surface area contributed by atoms with Crippen molar-refractivity contribution in [1.82, 2.24) is 0 Å². The molecule has 0 N–H and O–H groups in total. The molecule has 1 saturated carbocycles. The van der Waals surface area contributed by atoms with Crippen molar-refractivity contribution in [1.29, 1.82) is 0 Å². The lowest BCUT2D eigenvalue weighted by atomic mass is 10.0. The van der Waals surface area contributed by atoms with Crippen LogP contribution in [0, 0.1) is 11.3 Å². The molecular weight excluding hydrogens is 224 g/mol. The number of hydrogen-bond acceptors (Lipinski definition) is 1. The third kappa shape index (κ3) is 2.28. The molecular formula is C8H15BrOS. The molecule has 1 fully saturated rings. The van der Waals surface area contributed by atoms with Crippen LogP contribution in [0.25, 0.3) is 0 Å². The van der Waals surface area contributed by atoms with E-state index < -0.39 is 10.8 Å². The van der Waals surface area contributed by atoms with Crippen LogP contribution < -0.4 is 0 Å². The molecule has 0 aromatic carbocycles. The Balaban J connectivity index is 2.30. The highest BCUT2D eigenvalue weighted by Gasteiger charge is 2.49. The second-order valence-corrected chi connectivity index (χ2v) is 5.74. The van der Waals surface area contributed by atoms with E-state index in [1.54, 1.807) is 6.26 Å². The van der Waals surface area contributed by atoms with E-state index in [1.165, 1.54) is 6.42 Å². The Morgan fingerprint density at radius 3 is 2.55 bits per heavy atom. The van der Waals surface area contributed by atoms with Crippen LogP contribution in [0.5, 0.6) is 0 Å². The smallest absolute Gasteiger partial charge is 0.0237 e. The summed E-state index contributed by atoms with van der Waals surface area (Å²) in [4.78, 5) is 0. The van der Waals surface area contributed by atoms with Gasteiger partial charge in [-0.2, -0.15) is 0 Å². The summed E-state index contributed by atoms with van der Waals surface area (Å²) in [5.41, 5.74) is 0.506. The first-order valence-electron chi connectivity index (χ1n) is 3.97. The summed E-state index contributed by atoms with van der Waals surface area (Å²) in [5, 5.41) is 1.08. The molecule has 11 heavy (non-hydrogen) atoms. The molecule has 3 unspecified atom stereocenters. The van der Waals surface area contributed by atoms with Gasteiger partial charge in [-0.15, -0.1) is 0 Å². The van der Waals surface area contributed by atoms with Gasteiger partial charge in [-0.05, 0) is 24.2 Å². The van der Waals surface area contributed by atoms with Crippen LogP contribution in [0.1, 0.15) is 19.8 Å². The molecule has 0 bridgehead atoms. The number of alkyl halides is 1. The van der Waals surface area contributed by atoms with Gasteiger partial charge in [0.15, 0.2) is 0 Å². The summed E-state index contributed by atoms with van der Waals surface area (Å²) in [6.45, 7) is 2.28. The molecule has 1 rings (SSSR count). The Morgan fingerprint density at radius 2 is 2.27 bits per heavy atom. The maximum Gasteiger partial charge on any atom is 0.0237 e. The molecule has 1 aliphatic carbocycles. The fourth-order valence-corrected chi connectivity index (χ4v) is 3.26. The van der Waals surface area contributed by atoms with Gasteiger partial charge in [0.25, 0.3) is 0 Å². The highest BCUT2D eigenvalue weighted by Crippen LogP contribution is 2.55. The van der Waals surface area contributed by atoms with Crippen molar-refractivity contribution in [2.24, 2.45) is 11.3 Å². The molecule has 0 saturated heterocycles. The zero-order chi connectivity index (χ0) is 8.48. The zero-order valence-corrected chi connectivity index (χ0v) is 9.50. The maximum absolute atomic E-state index is 10.8. The minimum atomic E-state index is -0.609. The van der Waals surface area contributed by atoms with Crippen LogP contribution in [0.4, 0.5) is 0 Å². The number of hydrogen-bond donors (Lipinski definition) is 0. The van der Waals surface area contributed by atoms with Gasteiger partial charge in [0.1, 0.15) is 0 Å². The molecule has 0 spiro atoms. The fraction of sp³-hybridized carbons (Fsp3) is 1.00. The van der Waals surface area contributed by atoms with Gasteiger partial charge in [-0.3, -0.25) is 4.21 Å². The van der Waals surface area contributed by atoms with E-state index >= 15 is 0 Å². The average molecular weight is 239 g/mol. The Kier molecular flexibility index (Phi) is 3.15. The van der Waals surface area contributed by atoms with Gasteiger partial charge in [-0.1, -0.05) is 22.9 Å². The molecule has 1 nitrogen and oxygen atoms in total.